The highest BCUT2D eigenvalue weighted by Gasteiger charge is 2.23. The van der Waals surface area contributed by atoms with Gasteiger partial charge < -0.3 is 19.5 Å². The Balaban J connectivity index is 1.73. The fraction of sp³-hybridized carbons (Fsp3) is 0.600. The third-order valence-electron chi connectivity index (χ3n) is 3.29. The third-order valence-corrected chi connectivity index (χ3v) is 3.29. The summed E-state index contributed by atoms with van der Waals surface area (Å²) in [5, 5.41) is 3.46. The van der Waals surface area contributed by atoms with Gasteiger partial charge in [0.05, 0.1) is 12.7 Å². The Morgan fingerprint density at radius 3 is 2.63 bits per heavy atom. The molecule has 4 heteroatoms. The lowest BCUT2D eigenvalue weighted by molar-refractivity contribution is 0.112. The van der Waals surface area contributed by atoms with Crippen LogP contribution in [-0.2, 0) is 4.74 Å². The van der Waals surface area contributed by atoms with Crippen LogP contribution in [0.25, 0.3) is 0 Å². The SMILES string of the molecule is CCOc1ccccc1OCCNC1CCOC1C. The molecule has 0 radical (unpaired) electrons. The average molecular weight is 265 g/mol. The van der Waals surface area contributed by atoms with Gasteiger partial charge in [-0.2, -0.15) is 0 Å². The van der Waals surface area contributed by atoms with Gasteiger partial charge in [0, 0.05) is 19.2 Å². The van der Waals surface area contributed by atoms with Crippen molar-refractivity contribution in [3.05, 3.63) is 24.3 Å². The molecule has 0 aliphatic carbocycles. The molecule has 19 heavy (non-hydrogen) atoms. The van der Waals surface area contributed by atoms with Gasteiger partial charge in [-0.25, -0.2) is 0 Å². The van der Waals surface area contributed by atoms with Crippen LogP contribution in [0.4, 0.5) is 0 Å². The van der Waals surface area contributed by atoms with E-state index in [1.807, 2.05) is 31.2 Å². The first-order valence-corrected chi connectivity index (χ1v) is 7.01. The van der Waals surface area contributed by atoms with Gasteiger partial charge in [-0.05, 0) is 32.4 Å². The van der Waals surface area contributed by atoms with Gasteiger partial charge in [0.2, 0.25) is 0 Å². The molecule has 1 aromatic rings. The van der Waals surface area contributed by atoms with Crippen LogP contribution in [0.1, 0.15) is 20.3 Å². The van der Waals surface area contributed by atoms with E-state index in [4.69, 9.17) is 14.2 Å². The van der Waals surface area contributed by atoms with Crippen molar-refractivity contribution < 1.29 is 14.2 Å². The molecule has 1 aliphatic rings. The van der Waals surface area contributed by atoms with E-state index in [2.05, 4.69) is 12.2 Å². The zero-order valence-corrected chi connectivity index (χ0v) is 11.7. The van der Waals surface area contributed by atoms with Crippen LogP contribution in [0.5, 0.6) is 11.5 Å². The van der Waals surface area contributed by atoms with Crippen LogP contribution in [0.3, 0.4) is 0 Å². The van der Waals surface area contributed by atoms with E-state index in [1.54, 1.807) is 0 Å². The van der Waals surface area contributed by atoms with Crippen LogP contribution in [0, 0.1) is 0 Å². The smallest absolute Gasteiger partial charge is 0.161 e. The minimum atomic E-state index is 0.302. The van der Waals surface area contributed by atoms with Gasteiger partial charge in [-0.1, -0.05) is 12.1 Å². The Morgan fingerprint density at radius 2 is 2.00 bits per heavy atom. The Kier molecular flexibility index (Phi) is 5.48. The van der Waals surface area contributed by atoms with Crippen molar-refractivity contribution >= 4 is 0 Å². The predicted molar refractivity (Wildman–Crippen MR) is 74.9 cm³/mol. The molecule has 1 heterocycles. The predicted octanol–water partition coefficient (Wildman–Crippen LogP) is 2.23. The minimum Gasteiger partial charge on any atom is -0.490 e. The van der Waals surface area contributed by atoms with Gasteiger partial charge in [-0.15, -0.1) is 0 Å². The summed E-state index contributed by atoms with van der Waals surface area (Å²) in [6, 6.07) is 8.22. The summed E-state index contributed by atoms with van der Waals surface area (Å²) in [4.78, 5) is 0. The number of nitrogens with one attached hydrogen (secondary N) is 1. The van der Waals surface area contributed by atoms with E-state index >= 15 is 0 Å². The number of rotatable bonds is 7. The summed E-state index contributed by atoms with van der Waals surface area (Å²) in [7, 11) is 0. The molecule has 1 fully saturated rings. The molecule has 0 amide bonds. The molecule has 0 saturated carbocycles. The maximum absolute atomic E-state index is 5.76. The zero-order valence-electron chi connectivity index (χ0n) is 11.7. The van der Waals surface area contributed by atoms with E-state index in [-0.39, 0.29) is 0 Å². The van der Waals surface area contributed by atoms with Crippen LogP contribution < -0.4 is 14.8 Å². The van der Waals surface area contributed by atoms with E-state index < -0.39 is 0 Å². The monoisotopic (exact) mass is 265 g/mol. The second-order valence-corrected chi connectivity index (χ2v) is 4.65. The number of ether oxygens (including phenoxy) is 3. The molecule has 0 aromatic heterocycles. The fourth-order valence-electron chi connectivity index (χ4n) is 2.25. The largest absolute Gasteiger partial charge is 0.490 e. The van der Waals surface area contributed by atoms with Crippen LogP contribution in [0.2, 0.25) is 0 Å². The molecular formula is C15H23NO3. The molecular weight excluding hydrogens is 242 g/mol. The molecule has 2 unspecified atom stereocenters. The highest BCUT2D eigenvalue weighted by Crippen LogP contribution is 2.26. The maximum atomic E-state index is 5.76. The van der Waals surface area contributed by atoms with Crippen LogP contribution >= 0.6 is 0 Å². The average Bonchev–Trinajstić information content (AvgIpc) is 2.82. The lowest BCUT2D eigenvalue weighted by Crippen LogP contribution is -2.37. The summed E-state index contributed by atoms with van der Waals surface area (Å²) in [6.07, 6.45) is 1.38. The Morgan fingerprint density at radius 1 is 1.26 bits per heavy atom. The third kappa shape index (κ3) is 4.11. The van der Waals surface area contributed by atoms with E-state index in [0.29, 0.717) is 25.4 Å². The van der Waals surface area contributed by atoms with Gasteiger partial charge >= 0.3 is 0 Å². The number of hydrogen-bond donors (Lipinski definition) is 1. The Hall–Kier alpha value is -1.26. The highest BCUT2D eigenvalue weighted by atomic mass is 16.5. The molecule has 2 atom stereocenters. The Bertz CT molecular complexity index is 383. The maximum Gasteiger partial charge on any atom is 0.161 e. The minimum absolute atomic E-state index is 0.302. The van der Waals surface area contributed by atoms with Gasteiger partial charge in [0.15, 0.2) is 11.5 Å². The molecule has 1 aliphatic heterocycles. The van der Waals surface area contributed by atoms with Crippen LogP contribution in [-0.4, -0.2) is 38.5 Å². The lowest BCUT2D eigenvalue weighted by atomic mass is 10.1. The van der Waals surface area contributed by atoms with Crippen molar-refractivity contribution in [2.24, 2.45) is 0 Å². The number of hydrogen-bond acceptors (Lipinski definition) is 4. The first-order valence-electron chi connectivity index (χ1n) is 7.01. The van der Waals surface area contributed by atoms with Gasteiger partial charge in [0.1, 0.15) is 6.61 Å². The lowest BCUT2D eigenvalue weighted by Gasteiger charge is -2.16. The standard InChI is InChI=1S/C15H23NO3/c1-3-17-14-6-4-5-7-15(14)19-11-9-16-13-8-10-18-12(13)2/h4-7,12-13,16H,3,8-11H2,1-2H3. The molecule has 1 saturated heterocycles. The summed E-state index contributed by atoms with van der Waals surface area (Å²) in [6.45, 7) is 7.03. The van der Waals surface area contributed by atoms with Crippen molar-refractivity contribution in [2.45, 2.75) is 32.4 Å². The van der Waals surface area contributed by atoms with Gasteiger partial charge in [-0.3, -0.25) is 0 Å². The van der Waals surface area contributed by atoms with Crippen molar-refractivity contribution in [2.75, 3.05) is 26.4 Å². The molecule has 106 valence electrons. The van der Waals surface area contributed by atoms with Crippen molar-refractivity contribution in [3.8, 4) is 11.5 Å². The molecule has 1 aromatic carbocycles. The van der Waals surface area contributed by atoms with Crippen molar-refractivity contribution in [1.82, 2.24) is 5.32 Å². The second kappa shape index (κ2) is 7.36. The fourth-order valence-corrected chi connectivity index (χ4v) is 2.25. The molecule has 1 N–H and O–H groups in total. The summed E-state index contributed by atoms with van der Waals surface area (Å²) in [5.41, 5.74) is 0. The zero-order chi connectivity index (χ0) is 13.5. The summed E-state index contributed by atoms with van der Waals surface area (Å²) in [5.74, 6) is 1.62. The second-order valence-electron chi connectivity index (χ2n) is 4.65. The normalized spacial score (nSPS) is 22.4. The summed E-state index contributed by atoms with van der Waals surface area (Å²) >= 11 is 0. The van der Waals surface area contributed by atoms with Crippen molar-refractivity contribution in [1.29, 1.82) is 0 Å². The van der Waals surface area contributed by atoms with E-state index in [1.165, 1.54) is 0 Å². The van der Waals surface area contributed by atoms with Crippen LogP contribution in [0.15, 0.2) is 24.3 Å². The molecule has 2 rings (SSSR count). The first kappa shape index (κ1) is 14.2. The number of para-hydroxylation sites is 2. The number of benzene rings is 1. The van der Waals surface area contributed by atoms with Crippen molar-refractivity contribution in [3.63, 3.8) is 0 Å². The molecule has 0 bridgehead atoms. The summed E-state index contributed by atoms with van der Waals surface area (Å²) < 4.78 is 16.8. The van der Waals surface area contributed by atoms with E-state index in [9.17, 15) is 0 Å². The first-order chi connectivity index (χ1) is 9.31. The van der Waals surface area contributed by atoms with Gasteiger partial charge in [0.25, 0.3) is 0 Å². The van der Waals surface area contributed by atoms with E-state index in [0.717, 1.165) is 31.1 Å². The highest BCUT2D eigenvalue weighted by molar-refractivity contribution is 5.39. The topological polar surface area (TPSA) is 39.7 Å². The quantitative estimate of drug-likeness (QED) is 0.767. The molecule has 0 spiro atoms. The molecule has 4 nitrogen and oxygen atoms in total. The Labute approximate surface area is 115 Å².